The maximum Gasteiger partial charge on any atom is 0.230 e. The minimum absolute atomic E-state index is 0.159. The van der Waals surface area contributed by atoms with Crippen molar-refractivity contribution in [1.29, 1.82) is 0 Å². The molecular formula is C28H28N8O2. The molecule has 0 spiro atoms. The molecule has 10 nitrogen and oxygen atoms in total. The van der Waals surface area contributed by atoms with Gasteiger partial charge in [-0.3, -0.25) is 19.6 Å². The number of pyridine rings is 2. The Morgan fingerprint density at radius 3 is 1.58 bits per heavy atom. The predicted octanol–water partition coefficient (Wildman–Crippen LogP) is 3.86. The normalized spacial score (nSPS) is 16.9. The second-order valence-electron chi connectivity index (χ2n) is 9.42. The van der Waals surface area contributed by atoms with Crippen LogP contribution in [0.15, 0.2) is 73.3 Å². The Morgan fingerprint density at radius 1 is 0.684 bits per heavy atom. The molecule has 1 aliphatic rings. The molecule has 1 saturated carbocycles. The maximum atomic E-state index is 12.3. The highest BCUT2D eigenvalue weighted by Gasteiger charge is 2.27. The average molecular weight is 509 g/mol. The van der Waals surface area contributed by atoms with E-state index in [1.54, 1.807) is 49.1 Å². The molecule has 0 aliphatic heterocycles. The lowest BCUT2D eigenvalue weighted by atomic mass is 9.78. The molecule has 4 aromatic rings. The van der Waals surface area contributed by atoms with E-state index >= 15 is 0 Å². The number of carbonyl (C=O) groups is 2. The third-order valence-electron chi connectivity index (χ3n) is 6.59. The molecule has 4 heterocycles. The SMILES string of the molecule is O=C(Cc1cccnc1)Nc1ccc([C@@H]2CCC[C@@H](c3ccc(NC(=O)Cc4cccnc4)nn3)C2)nn1. The van der Waals surface area contributed by atoms with Gasteiger partial charge in [-0.05, 0) is 66.8 Å². The lowest BCUT2D eigenvalue weighted by Crippen LogP contribution is -2.18. The molecule has 38 heavy (non-hydrogen) atoms. The van der Waals surface area contributed by atoms with E-state index in [9.17, 15) is 9.59 Å². The zero-order valence-corrected chi connectivity index (χ0v) is 20.8. The number of anilines is 2. The molecule has 2 N–H and O–H groups in total. The predicted molar refractivity (Wildman–Crippen MR) is 141 cm³/mol. The zero-order valence-electron chi connectivity index (χ0n) is 20.8. The Kier molecular flexibility index (Phi) is 7.98. The van der Waals surface area contributed by atoms with E-state index in [0.29, 0.717) is 11.6 Å². The summed E-state index contributed by atoms with van der Waals surface area (Å²) in [5.41, 5.74) is 3.50. The van der Waals surface area contributed by atoms with Crippen LogP contribution in [0.25, 0.3) is 0 Å². The first-order valence-electron chi connectivity index (χ1n) is 12.7. The fourth-order valence-corrected chi connectivity index (χ4v) is 4.73. The third kappa shape index (κ3) is 6.78. The van der Waals surface area contributed by atoms with Crippen LogP contribution in [-0.2, 0) is 22.4 Å². The van der Waals surface area contributed by atoms with Gasteiger partial charge in [0.15, 0.2) is 11.6 Å². The third-order valence-corrected chi connectivity index (χ3v) is 6.59. The molecule has 1 aliphatic carbocycles. The minimum Gasteiger partial charge on any atom is -0.309 e. The van der Waals surface area contributed by atoms with Crippen LogP contribution < -0.4 is 10.6 Å². The van der Waals surface area contributed by atoms with Gasteiger partial charge < -0.3 is 10.6 Å². The quantitative estimate of drug-likeness (QED) is 0.366. The summed E-state index contributed by atoms with van der Waals surface area (Å²) in [7, 11) is 0. The molecule has 1 fully saturated rings. The first-order valence-corrected chi connectivity index (χ1v) is 12.7. The number of carbonyl (C=O) groups excluding carboxylic acids is 2. The molecule has 0 saturated heterocycles. The molecule has 10 heteroatoms. The summed E-state index contributed by atoms with van der Waals surface area (Å²) in [5.74, 6) is 1.05. The highest BCUT2D eigenvalue weighted by Crippen LogP contribution is 2.40. The van der Waals surface area contributed by atoms with Gasteiger partial charge in [0.2, 0.25) is 11.8 Å². The molecule has 0 unspecified atom stereocenters. The van der Waals surface area contributed by atoms with Crippen LogP contribution in [-0.4, -0.2) is 42.2 Å². The zero-order chi connectivity index (χ0) is 26.2. The van der Waals surface area contributed by atoms with E-state index in [-0.39, 0.29) is 36.5 Å². The van der Waals surface area contributed by atoms with Crippen molar-refractivity contribution >= 4 is 23.5 Å². The van der Waals surface area contributed by atoms with Crippen LogP contribution in [0.5, 0.6) is 0 Å². The largest absolute Gasteiger partial charge is 0.309 e. The number of nitrogens with one attached hydrogen (secondary N) is 2. The van der Waals surface area contributed by atoms with Gasteiger partial charge in [-0.15, -0.1) is 10.2 Å². The number of hydrogen-bond donors (Lipinski definition) is 2. The number of nitrogens with zero attached hydrogens (tertiary/aromatic N) is 6. The summed E-state index contributed by atoms with van der Waals surface area (Å²) in [6.07, 6.45) is 11.1. The van der Waals surface area contributed by atoms with Crippen LogP contribution >= 0.6 is 0 Å². The molecule has 5 rings (SSSR count). The molecule has 2 atom stereocenters. The summed E-state index contributed by atoms with van der Waals surface area (Å²) in [6.45, 7) is 0. The van der Waals surface area contributed by atoms with Crippen molar-refractivity contribution in [2.75, 3.05) is 10.6 Å². The van der Waals surface area contributed by atoms with Gasteiger partial charge in [0, 0.05) is 36.6 Å². The van der Waals surface area contributed by atoms with Gasteiger partial charge in [0.1, 0.15) is 0 Å². The van der Waals surface area contributed by atoms with Crippen molar-refractivity contribution in [2.24, 2.45) is 0 Å². The van der Waals surface area contributed by atoms with Gasteiger partial charge in [0.05, 0.1) is 24.2 Å². The Bertz CT molecular complexity index is 1240. The van der Waals surface area contributed by atoms with Crippen molar-refractivity contribution in [3.8, 4) is 0 Å². The molecular weight excluding hydrogens is 480 g/mol. The second kappa shape index (κ2) is 12.1. The Morgan fingerprint density at radius 2 is 1.18 bits per heavy atom. The Balaban J connectivity index is 1.14. The minimum atomic E-state index is -0.159. The van der Waals surface area contributed by atoms with Crippen molar-refractivity contribution < 1.29 is 9.59 Å². The lowest BCUT2D eigenvalue weighted by molar-refractivity contribution is -0.116. The van der Waals surface area contributed by atoms with Crippen molar-refractivity contribution in [3.05, 3.63) is 95.8 Å². The first-order chi connectivity index (χ1) is 18.6. The van der Waals surface area contributed by atoms with Crippen LogP contribution in [0.1, 0.15) is 60.0 Å². The van der Waals surface area contributed by atoms with E-state index in [4.69, 9.17) is 0 Å². The van der Waals surface area contributed by atoms with Gasteiger partial charge >= 0.3 is 0 Å². The van der Waals surface area contributed by atoms with E-state index in [0.717, 1.165) is 48.2 Å². The van der Waals surface area contributed by atoms with Crippen LogP contribution in [0.2, 0.25) is 0 Å². The van der Waals surface area contributed by atoms with E-state index in [1.807, 2.05) is 24.3 Å². The van der Waals surface area contributed by atoms with Crippen LogP contribution in [0.3, 0.4) is 0 Å². The van der Waals surface area contributed by atoms with Gasteiger partial charge in [-0.2, -0.15) is 10.2 Å². The van der Waals surface area contributed by atoms with Crippen LogP contribution in [0.4, 0.5) is 11.6 Å². The number of rotatable bonds is 8. The van der Waals surface area contributed by atoms with Gasteiger partial charge in [-0.25, -0.2) is 0 Å². The summed E-state index contributed by atoms with van der Waals surface area (Å²) in [6, 6.07) is 14.8. The second-order valence-corrected chi connectivity index (χ2v) is 9.42. The summed E-state index contributed by atoms with van der Waals surface area (Å²) < 4.78 is 0. The molecule has 192 valence electrons. The summed E-state index contributed by atoms with van der Waals surface area (Å²) in [5, 5.41) is 22.9. The average Bonchev–Trinajstić information content (AvgIpc) is 2.95. The van der Waals surface area contributed by atoms with Gasteiger partial charge in [0.25, 0.3) is 0 Å². The number of amides is 2. The molecule has 0 aromatic carbocycles. The fraction of sp³-hybridized carbons (Fsp3) is 0.286. The molecule has 4 aromatic heterocycles. The highest BCUT2D eigenvalue weighted by molar-refractivity contribution is 5.91. The van der Waals surface area contributed by atoms with Crippen molar-refractivity contribution in [1.82, 2.24) is 30.4 Å². The molecule has 2 amide bonds. The maximum absolute atomic E-state index is 12.3. The topological polar surface area (TPSA) is 136 Å². The summed E-state index contributed by atoms with van der Waals surface area (Å²) in [4.78, 5) is 32.6. The lowest BCUT2D eigenvalue weighted by Gasteiger charge is -2.28. The first kappa shape index (κ1) is 25.1. The highest BCUT2D eigenvalue weighted by atomic mass is 16.2. The fourth-order valence-electron chi connectivity index (χ4n) is 4.73. The number of aromatic nitrogens is 6. The van der Waals surface area contributed by atoms with Crippen LogP contribution in [0, 0.1) is 0 Å². The smallest absolute Gasteiger partial charge is 0.230 e. The van der Waals surface area contributed by atoms with E-state index in [1.165, 1.54) is 0 Å². The Labute approximate surface area is 220 Å². The van der Waals surface area contributed by atoms with Crippen molar-refractivity contribution in [3.63, 3.8) is 0 Å². The Hall–Kier alpha value is -4.60. The summed E-state index contributed by atoms with van der Waals surface area (Å²) >= 11 is 0. The standard InChI is InChI=1S/C28H28N8O2/c37-27(14-19-4-2-12-29-17-19)31-25-10-8-23(33-35-25)21-6-1-7-22(16-21)24-9-11-26(36-34-24)32-28(38)15-20-5-3-13-30-18-20/h2-5,8-13,17-18,21-22H,1,6-7,14-16H2,(H,31,35,37)(H,32,36,38)/t21-,22-/m1/s1. The van der Waals surface area contributed by atoms with E-state index in [2.05, 4.69) is 41.0 Å². The number of hydrogen-bond acceptors (Lipinski definition) is 8. The molecule has 0 bridgehead atoms. The monoisotopic (exact) mass is 508 g/mol. The van der Waals surface area contributed by atoms with E-state index < -0.39 is 0 Å². The van der Waals surface area contributed by atoms with Gasteiger partial charge in [-0.1, -0.05) is 18.6 Å². The van der Waals surface area contributed by atoms with Crippen molar-refractivity contribution in [2.45, 2.75) is 50.4 Å². The molecule has 0 radical (unpaired) electrons.